The Kier molecular flexibility index (Phi) is 4.89. The maximum Gasteiger partial charge on any atom is 0.416 e. The van der Waals surface area contributed by atoms with E-state index in [1.807, 2.05) is 0 Å². The highest BCUT2D eigenvalue weighted by Gasteiger charge is 2.38. The minimum absolute atomic E-state index is 0.00807. The first-order valence-corrected chi connectivity index (χ1v) is 5.53. The molecular formula is C9H10Cl2F3N3O. The van der Waals surface area contributed by atoms with Gasteiger partial charge in [0.1, 0.15) is 11.6 Å². The number of hydrogen-bond acceptors (Lipinski definition) is 4. The quantitative estimate of drug-likeness (QED) is 0.800. The SMILES string of the molecule is CNc1nc(NCC(O)C(F)(F)F)c(Cl)cc1Cl. The van der Waals surface area contributed by atoms with Crippen LogP contribution in [0, 0.1) is 0 Å². The molecule has 1 rings (SSSR count). The molecule has 1 atom stereocenters. The number of halogens is 5. The van der Waals surface area contributed by atoms with Crippen molar-refractivity contribution in [2.24, 2.45) is 0 Å². The van der Waals surface area contributed by atoms with E-state index < -0.39 is 18.8 Å². The van der Waals surface area contributed by atoms with Crippen LogP contribution in [0.25, 0.3) is 0 Å². The number of anilines is 2. The van der Waals surface area contributed by atoms with Crippen LogP contribution >= 0.6 is 23.2 Å². The second kappa shape index (κ2) is 5.81. The van der Waals surface area contributed by atoms with E-state index >= 15 is 0 Å². The molecule has 1 aromatic rings. The van der Waals surface area contributed by atoms with Crippen molar-refractivity contribution in [1.29, 1.82) is 0 Å². The van der Waals surface area contributed by atoms with Gasteiger partial charge in [-0.3, -0.25) is 0 Å². The first kappa shape index (κ1) is 15.1. The zero-order chi connectivity index (χ0) is 13.9. The van der Waals surface area contributed by atoms with E-state index in [0.717, 1.165) is 0 Å². The Hall–Kier alpha value is -0.920. The van der Waals surface area contributed by atoms with Crippen LogP contribution in [0.4, 0.5) is 24.8 Å². The maximum atomic E-state index is 12.1. The number of aliphatic hydroxyl groups excluding tert-OH is 1. The lowest BCUT2D eigenvalue weighted by Crippen LogP contribution is -2.35. The normalized spacial score (nSPS) is 13.3. The Balaban J connectivity index is 2.79. The van der Waals surface area contributed by atoms with Gasteiger partial charge in [0.05, 0.1) is 16.6 Å². The summed E-state index contributed by atoms with van der Waals surface area (Å²) in [5.41, 5.74) is 0. The van der Waals surface area contributed by atoms with E-state index in [1.54, 1.807) is 7.05 Å². The summed E-state index contributed by atoms with van der Waals surface area (Å²) in [5, 5.41) is 14.1. The van der Waals surface area contributed by atoms with Gasteiger partial charge in [-0.1, -0.05) is 23.2 Å². The molecule has 0 radical (unpaired) electrons. The molecule has 0 fully saturated rings. The average molecular weight is 304 g/mol. The van der Waals surface area contributed by atoms with Crippen LogP contribution < -0.4 is 10.6 Å². The third-order valence-corrected chi connectivity index (χ3v) is 2.58. The van der Waals surface area contributed by atoms with E-state index in [2.05, 4.69) is 15.6 Å². The summed E-state index contributed by atoms with van der Waals surface area (Å²) in [6, 6.07) is 1.34. The van der Waals surface area contributed by atoms with Gasteiger partial charge < -0.3 is 15.7 Å². The topological polar surface area (TPSA) is 57.2 Å². The summed E-state index contributed by atoms with van der Waals surface area (Å²) in [6.45, 7) is -0.749. The molecule has 0 spiro atoms. The van der Waals surface area contributed by atoms with Crippen molar-refractivity contribution in [3.63, 3.8) is 0 Å². The molecule has 4 nitrogen and oxygen atoms in total. The van der Waals surface area contributed by atoms with E-state index in [4.69, 9.17) is 28.3 Å². The fourth-order valence-corrected chi connectivity index (χ4v) is 1.59. The minimum atomic E-state index is -4.70. The predicted octanol–water partition coefficient (Wildman–Crippen LogP) is 2.77. The lowest BCUT2D eigenvalue weighted by atomic mass is 10.3. The monoisotopic (exact) mass is 303 g/mol. The van der Waals surface area contributed by atoms with E-state index in [1.165, 1.54) is 6.07 Å². The van der Waals surface area contributed by atoms with Crippen molar-refractivity contribution in [3.05, 3.63) is 16.1 Å². The number of rotatable bonds is 4. The summed E-state index contributed by atoms with van der Waals surface area (Å²) in [7, 11) is 1.55. The number of pyridine rings is 1. The van der Waals surface area contributed by atoms with Crippen molar-refractivity contribution in [3.8, 4) is 0 Å². The number of nitrogens with one attached hydrogen (secondary N) is 2. The molecule has 0 amide bonds. The van der Waals surface area contributed by atoms with Gasteiger partial charge in [-0.05, 0) is 6.07 Å². The summed E-state index contributed by atoms with van der Waals surface area (Å²) >= 11 is 11.5. The Bertz CT molecular complexity index is 428. The lowest BCUT2D eigenvalue weighted by molar-refractivity contribution is -0.198. The summed E-state index contributed by atoms with van der Waals surface area (Å²) in [6.07, 6.45) is -7.19. The van der Waals surface area contributed by atoms with Crippen LogP contribution in [-0.4, -0.2) is 36.0 Å². The average Bonchev–Trinajstić information content (AvgIpc) is 2.26. The van der Waals surface area contributed by atoms with Gasteiger partial charge in [0.2, 0.25) is 0 Å². The Labute approximate surface area is 111 Å². The summed E-state index contributed by atoms with van der Waals surface area (Å²) < 4.78 is 36.3. The lowest BCUT2D eigenvalue weighted by Gasteiger charge is -2.16. The Morgan fingerprint density at radius 2 is 1.89 bits per heavy atom. The van der Waals surface area contributed by atoms with E-state index in [0.29, 0.717) is 0 Å². The second-order valence-corrected chi connectivity index (χ2v) is 4.15. The molecule has 0 aliphatic heterocycles. The molecule has 0 aliphatic rings. The molecule has 0 bridgehead atoms. The van der Waals surface area contributed by atoms with Gasteiger partial charge in [0.25, 0.3) is 0 Å². The third kappa shape index (κ3) is 3.79. The minimum Gasteiger partial charge on any atom is -0.382 e. The molecule has 0 saturated heterocycles. The highest BCUT2D eigenvalue weighted by Crippen LogP contribution is 2.29. The first-order valence-electron chi connectivity index (χ1n) is 4.78. The van der Waals surface area contributed by atoms with Crippen molar-refractivity contribution in [1.82, 2.24) is 4.98 Å². The number of nitrogens with zero attached hydrogens (tertiary/aromatic N) is 1. The molecule has 3 N–H and O–H groups in total. The molecular weight excluding hydrogens is 294 g/mol. The highest BCUT2D eigenvalue weighted by molar-refractivity contribution is 6.37. The first-order chi connectivity index (χ1) is 8.25. The Morgan fingerprint density at radius 1 is 1.33 bits per heavy atom. The van der Waals surface area contributed by atoms with Gasteiger partial charge in [0, 0.05) is 7.05 Å². The standard InChI is InChI=1S/C9H10Cl2F3N3O/c1-15-7-4(10)2-5(11)8(17-7)16-3-6(18)9(12,13)14/h2,6,18H,3H2,1H3,(H2,15,16,17). The molecule has 1 unspecified atom stereocenters. The molecule has 18 heavy (non-hydrogen) atoms. The zero-order valence-electron chi connectivity index (χ0n) is 9.15. The van der Waals surface area contributed by atoms with Crippen molar-refractivity contribution < 1.29 is 18.3 Å². The van der Waals surface area contributed by atoms with Gasteiger partial charge in [0.15, 0.2) is 6.10 Å². The van der Waals surface area contributed by atoms with Crippen LogP contribution in [0.5, 0.6) is 0 Å². The summed E-state index contributed by atoms with van der Waals surface area (Å²) in [5.74, 6) is 0.277. The molecule has 9 heteroatoms. The number of alkyl halides is 3. The third-order valence-electron chi connectivity index (χ3n) is 2.01. The summed E-state index contributed by atoms with van der Waals surface area (Å²) in [4.78, 5) is 3.88. The van der Waals surface area contributed by atoms with Crippen LogP contribution in [-0.2, 0) is 0 Å². The Morgan fingerprint density at radius 3 is 2.39 bits per heavy atom. The maximum absolute atomic E-state index is 12.1. The number of aromatic nitrogens is 1. The van der Waals surface area contributed by atoms with Crippen LogP contribution in [0.3, 0.4) is 0 Å². The second-order valence-electron chi connectivity index (χ2n) is 3.34. The van der Waals surface area contributed by atoms with Crippen molar-refractivity contribution in [2.75, 3.05) is 24.2 Å². The smallest absolute Gasteiger partial charge is 0.382 e. The molecule has 0 saturated carbocycles. The zero-order valence-corrected chi connectivity index (χ0v) is 10.7. The fraction of sp³-hybridized carbons (Fsp3) is 0.444. The number of aliphatic hydroxyl groups is 1. The van der Waals surface area contributed by atoms with E-state index in [9.17, 15) is 13.2 Å². The van der Waals surface area contributed by atoms with Gasteiger partial charge in [-0.2, -0.15) is 13.2 Å². The van der Waals surface area contributed by atoms with E-state index in [-0.39, 0.29) is 21.7 Å². The van der Waals surface area contributed by atoms with Crippen LogP contribution in [0.15, 0.2) is 6.07 Å². The van der Waals surface area contributed by atoms with Crippen molar-refractivity contribution >= 4 is 34.8 Å². The molecule has 0 aliphatic carbocycles. The van der Waals surface area contributed by atoms with Crippen LogP contribution in [0.1, 0.15) is 0 Å². The molecule has 0 aromatic carbocycles. The van der Waals surface area contributed by atoms with Crippen LogP contribution in [0.2, 0.25) is 10.0 Å². The van der Waals surface area contributed by atoms with Crippen molar-refractivity contribution in [2.45, 2.75) is 12.3 Å². The molecule has 1 aromatic heterocycles. The molecule has 102 valence electrons. The van der Waals surface area contributed by atoms with Gasteiger partial charge >= 0.3 is 6.18 Å². The fourth-order valence-electron chi connectivity index (χ4n) is 1.07. The highest BCUT2D eigenvalue weighted by atomic mass is 35.5. The number of hydrogen-bond donors (Lipinski definition) is 3. The largest absolute Gasteiger partial charge is 0.416 e. The van der Waals surface area contributed by atoms with Gasteiger partial charge in [-0.25, -0.2) is 4.98 Å². The molecule has 1 heterocycles. The predicted molar refractivity (Wildman–Crippen MR) is 64.4 cm³/mol. The van der Waals surface area contributed by atoms with Gasteiger partial charge in [-0.15, -0.1) is 0 Å².